The Morgan fingerprint density at radius 2 is 2.29 bits per heavy atom. The fourth-order valence-corrected chi connectivity index (χ4v) is 2.67. The number of carbonyl (C=O) groups is 1. The predicted molar refractivity (Wildman–Crippen MR) is 82.5 cm³/mol. The molecule has 116 valence electrons. The van der Waals surface area contributed by atoms with Crippen molar-refractivity contribution in [3.63, 3.8) is 0 Å². The molecule has 1 aliphatic rings. The molecular weight excluding hydrogens is 269 g/mol. The lowest BCUT2D eigenvalue weighted by atomic mass is 9.97. The number of benzene rings is 1. The van der Waals surface area contributed by atoms with E-state index in [0.717, 1.165) is 24.9 Å². The van der Waals surface area contributed by atoms with Crippen LogP contribution in [0.25, 0.3) is 0 Å². The summed E-state index contributed by atoms with van der Waals surface area (Å²) in [6.07, 6.45) is 1.66. The van der Waals surface area contributed by atoms with E-state index in [1.807, 2.05) is 11.0 Å². The number of rotatable bonds is 5. The highest BCUT2D eigenvalue weighted by Crippen LogP contribution is 2.26. The predicted octanol–water partition coefficient (Wildman–Crippen LogP) is 2.03. The molecule has 1 aromatic carbocycles. The summed E-state index contributed by atoms with van der Waals surface area (Å²) < 4.78 is 14.3. The summed E-state index contributed by atoms with van der Waals surface area (Å²) in [6.45, 7) is 6.05. The first kappa shape index (κ1) is 15.8. The molecule has 0 bridgehead atoms. The number of halogens is 1. The van der Waals surface area contributed by atoms with Crippen molar-refractivity contribution in [3.8, 4) is 0 Å². The van der Waals surface area contributed by atoms with Gasteiger partial charge >= 0.3 is 0 Å². The number of primary amides is 1. The second-order valence-corrected chi connectivity index (χ2v) is 6.01. The first-order chi connectivity index (χ1) is 9.97. The van der Waals surface area contributed by atoms with E-state index >= 15 is 0 Å². The number of amides is 1. The highest BCUT2D eigenvalue weighted by molar-refractivity contribution is 5.77. The molecule has 1 heterocycles. The van der Waals surface area contributed by atoms with Crippen LogP contribution in [0.3, 0.4) is 0 Å². The van der Waals surface area contributed by atoms with Crippen molar-refractivity contribution in [1.29, 1.82) is 0 Å². The van der Waals surface area contributed by atoms with Crippen LogP contribution in [0.5, 0.6) is 0 Å². The monoisotopic (exact) mass is 293 g/mol. The molecule has 1 saturated heterocycles. The summed E-state index contributed by atoms with van der Waals surface area (Å²) in [4.78, 5) is 13.2. The van der Waals surface area contributed by atoms with E-state index < -0.39 is 0 Å². The lowest BCUT2D eigenvalue weighted by molar-refractivity contribution is -0.122. The zero-order chi connectivity index (χ0) is 15.4. The van der Waals surface area contributed by atoms with Crippen molar-refractivity contribution in [2.24, 2.45) is 11.7 Å². The third-order valence-corrected chi connectivity index (χ3v) is 3.89. The molecule has 1 atom stereocenters. The Bertz CT molecular complexity index is 504. The maximum atomic E-state index is 14.3. The van der Waals surface area contributed by atoms with Crippen molar-refractivity contribution >= 4 is 11.6 Å². The van der Waals surface area contributed by atoms with Crippen molar-refractivity contribution in [3.05, 3.63) is 29.6 Å². The van der Waals surface area contributed by atoms with Gasteiger partial charge in [-0.1, -0.05) is 19.9 Å². The average Bonchev–Trinajstić information content (AvgIpc) is 2.45. The normalized spacial score (nSPS) is 19.0. The molecule has 0 radical (unpaired) electrons. The van der Waals surface area contributed by atoms with Gasteiger partial charge in [-0.05, 0) is 30.5 Å². The van der Waals surface area contributed by atoms with Crippen molar-refractivity contribution in [1.82, 2.24) is 5.32 Å². The Labute approximate surface area is 125 Å². The molecule has 21 heavy (non-hydrogen) atoms. The molecule has 2 rings (SSSR count). The minimum absolute atomic E-state index is 0.180. The Morgan fingerprint density at radius 1 is 1.52 bits per heavy atom. The van der Waals surface area contributed by atoms with Gasteiger partial charge in [0.2, 0.25) is 5.91 Å². The van der Waals surface area contributed by atoms with Crippen LogP contribution in [0.1, 0.15) is 32.3 Å². The molecule has 0 spiro atoms. The molecular formula is C16H24FN3O. The molecule has 0 aromatic heterocycles. The molecule has 1 aliphatic heterocycles. The number of nitrogens with two attached hydrogens (primary N) is 1. The highest BCUT2D eigenvalue weighted by atomic mass is 19.1. The van der Waals surface area contributed by atoms with Gasteiger partial charge in [0.15, 0.2) is 0 Å². The van der Waals surface area contributed by atoms with Gasteiger partial charge in [-0.15, -0.1) is 0 Å². The van der Waals surface area contributed by atoms with Crippen LogP contribution < -0.4 is 16.0 Å². The molecule has 1 aromatic rings. The molecule has 3 N–H and O–H groups in total. The molecule has 1 amide bonds. The summed E-state index contributed by atoms with van der Waals surface area (Å²) in [5, 5.41) is 3.27. The van der Waals surface area contributed by atoms with Crippen LogP contribution in [0.2, 0.25) is 0 Å². The SMILES string of the molecule is CC(C)NCc1ccc(N2CCCC(C(N)=O)C2)c(F)c1. The Kier molecular flexibility index (Phi) is 5.17. The van der Waals surface area contributed by atoms with Crippen LogP contribution in [-0.4, -0.2) is 25.0 Å². The van der Waals surface area contributed by atoms with Gasteiger partial charge in [0.1, 0.15) is 5.82 Å². The summed E-state index contributed by atoms with van der Waals surface area (Å²) in [7, 11) is 0. The zero-order valence-electron chi connectivity index (χ0n) is 12.7. The third-order valence-electron chi connectivity index (χ3n) is 3.89. The maximum Gasteiger partial charge on any atom is 0.222 e. The molecule has 0 saturated carbocycles. The minimum atomic E-state index is -0.294. The number of nitrogens with zero attached hydrogens (tertiary/aromatic N) is 1. The number of anilines is 1. The second kappa shape index (κ2) is 6.89. The van der Waals surface area contributed by atoms with Crippen molar-refractivity contribution in [2.75, 3.05) is 18.0 Å². The Balaban J connectivity index is 2.07. The standard InChI is InChI=1S/C16H24FN3O/c1-11(2)19-9-12-5-6-15(14(17)8-12)20-7-3-4-13(10-20)16(18)21/h5-6,8,11,13,19H,3-4,7,9-10H2,1-2H3,(H2,18,21). The fourth-order valence-electron chi connectivity index (χ4n) is 2.67. The van der Waals surface area contributed by atoms with Gasteiger partial charge in [-0.3, -0.25) is 4.79 Å². The molecule has 1 unspecified atom stereocenters. The number of hydrogen-bond donors (Lipinski definition) is 2. The van der Waals surface area contributed by atoms with Crippen LogP contribution in [0, 0.1) is 11.7 Å². The Hall–Kier alpha value is -1.62. The van der Waals surface area contributed by atoms with Gasteiger partial charge in [-0.2, -0.15) is 0 Å². The van der Waals surface area contributed by atoms with Gasteiger partial charge in [-0.25, -0.2) is 4.39 Å². The van der Waals surface area contributed by atoms with Crippen LogP contribution in [0.15, 0.2) is 18.2 Å². The van der Waals surface area contributed by atoms with Crippen LogP contribution in [0.4, 0.5) is 10.1 Å². The Morgan fingerprint density at radius 3 is 2.90 bits per heavy atom. The van der Waals surface area contributed by atoms with E-state index in [1.165, 1.54) is 0 Å². The highest BCUT2D eigenvalue weighted by Gasteiger charge is 2.25. The summed E-state index contributed by atoms with van der Waals surface area (Å²) in [5.41, 5.74) is 6.86. The lowest BCUT2D eigenvalue weighted by Gasteiger charge is -2.33. The summed E-state index contributed by atoms with van der Waals surface area (Å²) >= 11 is 0. The van der Waals surface area contributed by atoms with E-state index in [0.29, 0.717) is 24.8 Å². The lowest BCUT2D eigenvalue weighted by Crippen LogP contribution is -2.41. The second-order valence-electron chi connectivity index (χ2n) is 6.01. The van der Waals surface area contributed by atoms with E-state index in [4.69, 9.17) is 5.73 Å². The fraction of sp³-hybridized carbons (Fsp3) is 0.562. The van der Waals surface area contributed by atoms with Gasteiger partial charge < -0.3 is 16.0 Å². The van der Waals surface area contributed by atoms with Crippen LogP contribution in [-0.2, 0) is 11.3 Å². The van der Waals surface area contributed by atoms with Crippen molar-refractivity contribution in [2.45, 2.75) is 39.3 Å². The summed E-state index contributed by atoms with van der Waals surface area (Å²) in [6, 6.07) is 5.67. The average molecular weight is 293 g/mol. The number of piperidine rings is 1. The number of hydrogen-bond acceptors (Lipinski definition) is 3. The number of nitrogens with one attached hydrogen (secondary N) is 1. The molecule has 1 fully saturated rings. The van der Waals surface area contributed by atoms with Crippen molar-refractivity contribution < 1.29 is 9.18 Å². The smallest absolute Gasteiger partial charge is 0.222 e. The first-order valence-electron chi connectivity index (χ1n) is 7.53. The van der Waals surface area contributed by atoms with Gasteiger partial charge in [0.25, 0.3) is 0 Å². The maximum absolute atomic E-state index is 14.3. The molecule has 4 nitrogen and oxygen atoms in total. The molecule has 5 heteroatoms. The van der Waals surface area contributed by atoms with E-state index in [-0.39, 0.29) is 17.6 Å². The van der Waals surface area contributed by atoms with E-state index in [1.54, 1.807) is 12.1 Å². The van der Waals surface area contributed by atoms with Gasteiger partial charge in [0, 0.05) is 25.7 Å². The topological polar surface area (TPSA) is 58.4 Å². The largest absolute Gasteiger partial charge is 0.369 e. The minimum Gasteiger partial charge on any atom is -0.369 e. The third kappa shape index (κ3) is 4.17. The summed E-state index contributed by atoms with van der Waals surface area (Å²) in [5.74, 6) is -0.707. The van der Waals surface area contributed by atoms with Crippen LogP contribution >= 0.6 is 0 Å². The zero-order valence-corrected chi connectivity index (χ0v) is 12.7. The quantitative estimate of drug-likeness (QED) is 0.873. The number of carbonyl (C=O) groups excluding carboxylic acids is 1. The van der Waals surface area contributed by atoms with E-state index in [2.05, 4.69) is 19.2 Å². The molecule has 0 aliphatic carbocycles. The first-order valence-corrected chi connectivity index (χ1v) is 7.53. The van der Waals surface area contributed by atoms with Gasteiger partial charge in [0.05, 0.1) is 11.6 Å². The van der Waals surface area contributed by atoms with E-state index in [9.17, 15) is 9.18 Å².